The van der Waals surface area contributed by atoms with Gasteiger partial charge in [-0.25, -0.2) is 9.07 Å². The fourth-order valence-electron chi connectivity index (χ4n) is 1.95. The van der Waals surface area contributed by atoms with Crippen LogP contribution < -0.4 is 5.56 Å². The van der Waals surface area contributed by atoms with Gasteiger partial charge < -0.3 is 0 Å². The minimum Gasteiger partial charge on any atom is -0.299 e. The minimum absolute atomic E-state index is 0.0174. The second kappa shape index (κ2) is 3.87. The number of benzene rings is 1. The monoisotopic (exact) mass is 232 g/mol. The molecule has 1 heterocycles. The summed E-state index contributed by atoms with van der Waals surface area (Å²) in [5, 5.41) is 3.12. The first-order valence-electron chi connectivity index (χ1n) is 5.76. The summed E-state index contributed by atoms with van der Waals surface area (Å²) in [5.41, 5.74) is 1.92. The van der Waals surface area contributed by atoms with E-state index < -0.39 is 0 Å². The highest BCUT2D eigenvalue weighted by Crippen LogP contribution is 2.38. The zero-order chi connectivity index (χ0) is 11.8. The Hall–Kier alpha value is -1.84. The van der Waals surface area contributed by atoms with E-state index in [4.69, 9.17) is 0 Å². The highest BCUT2D eigenvalue weighted by molar-refractivity contribution is 5.17. The van der Waals surface area contributed by atoms with E-state index in [9.17, 15) is 9.18 Å². The van der Waals surface area contributed by atoms with Crippen LogP contribution in [0.15, 0.2) is 35.1 Å². The van der Waals surface area contributed by atoms with Gasteiger partial charge >= 0.3 is 0 Å². The Bertz CT molecular complexity index is 578. The molecule has 1 aliphatic rings. The summed E-state index contributed by atoms with van der Waals surface area (Å²) in [5.74, 6) is 0.281. The van der Waals surface area contributed by atoms with E-state index in [1.54, 1.807) is 22.9 Å². The van der Waals surface area contributed by atoms with E-state index in [1.807, 2.05) is 0 Å². The number of hydrogen-bond donors (Lipinski definition) is 1. The summed E-state index contributed by atoms with van der Waals surface area (Å²) < 4.78 is 14.3. The maximum atomic E-state index is 12.7. The van der Waals surface area contributed by atoms with Gasteiger partial charge in [0.1, 0.15) is 5.82 Å². The molecule has 17 heavy (non-hydrogen) atoms. The van der Waals surface area contributed by atoms with Gasteiger partial charge in [0.2, 0.25) is 0 Å². The first kappa shape index (κ1) is 10.3. The molecule has 0 spiro atoms. The molecule has 0 saturated heterocycles. The van der Waals surface area contributed by atoms with Crippen LogP contribution in [-0.4, -0.2) is 9.78 Å². The average molecular weight is 232 g/mol. The fourth-order valence-corrected chi connectivity index (χ4v) is 1.95. The van der Waals surface area contributed by atoms with Crippen LogP contribution in [0.3, 0.4) is 0 Å². The largest absolute Gasteiger partial charge is 0.299 e. The molecule has 2 aromatic rings. The van der Waals surface area contributed by atoms with Crippen molar-refractivity contribution < 1.29 is 4.39 Å². The molecular formula is C13H13FN2O. The number of aromatic nitrogens is 2. The van der Waals surface area contributed by atoms with Crippen LogP contribution in [0, 0.1) is 5.82 Å². The van der Waals surface area contributed by atoms with Crippen LogP contribution in [0.5, 0.6) is 0 Å². The highest BCUT2D eigenvalue weighted by Gasteiger charge is 2.25. The second-order valence-corrected chi connectivity index (χ2v) is 4.54. The first-order chi connectivity index (χ1) is 8.22. The zero-order valence-corrected chi connectivity index (χ0v) is 9.32. The van der Waals surface area contributed by atoms with Crippen LogP contribution in [0.4, 0.5) is 4.39 Å². The van der Waals surface area contributed by atoms with Crippen LogP contribution >= 0.6 is 0 Å². The summed E-state index contributed by atoms with van der Waals surface area (Å²) >= 11 is 0. The van der Waals surface area contributed by atoms with Gasteiger partial charge in [-0.05, 0) is 30.5 Å². The van der Waals surface area contributed by atoms with Gasteiger partial charge in [0.15, 0.2) is 0 Å². The number of aromatic amines is 1. The summed E-state index contributed by atoms with van der Waals surface area (Å²) in [6, 6.07) is 7.87. The van der Waals surface area contributed by atoms with Gasteiger partial charge in [-0.2, -0.15) is 0 Å². The molecule has 0 unspecified atom stereocenters. The number of rotatable bonds is 3. The van der Waals surface area contributed by atoms with E-state index in [-0.39, 0.29) is 11.4 Å². The molecule has 1 fully saturated rings. The van der Waals surface area contributed by atoms with Gasteiger partial charge in [-0.1, -0.05) is 12.1 Å². The molecule has 0 radical (unpaired) electrons. The van der Waals surface area contributed by atoms with Crippen molar-refractivity contribution in [3.63, 3.8) is 0 Å². The molecule has 1 aliphatic carbocycles. The number of hydrogen-bond acceptors (Lipinski definition) is 1. The van der Waals surface area contributed by atoms with E-state index in [1.165, 1.54) is 12.1 Å². The zero-order valence-electron chi connectivity index (χ0n) is 9.32. The Morgan fingerprint density at radius 3 is 2.65 bits per heavy atom. The van der Waals surface area contributed by atoms with E-state index in [0.29, 0.717) is 12.5 Å². The summed E-state index contributed by atoms with van der Waals surface area (Å²) in [7, 11) is 0. The summed E-state index contributed by atoms with van der Waals surface area (Å²) in [4.78, 5) is 11.7. The Labute approximate surface area is 97.9 Å². The Morgan fingerprint density at radius 2 is 2.00 bits per heavy atom. The molecule has 1 N–H and O–H groups in total. The van der Waals surface area contributed by atoms with Gasteiger partial charge in [0.05, 0.1) is 6.54 Å². The topological polar surface area (TPSA) is 37.8 Å². The SMILES string of the molecule is O=c1cc(C2CC2)[nH]n1Cc1ccc(F)cc1. The maximum Gasteiger partial charge on any atom is 0.267 e. The minimum atomic E-state index is -0.258. The van der Waals surface area contributed by atoms with Crippen molar-refractivity contribution in [2.24, 2.45) is 0 Å². The smallest absolute Gasteiger partial charge is 0.267 e. The molecule has 1 saturated carbocycles. The van der Waals surface area contributed by atoms with Crippen molar-refractivity contribution in [3.05, 3.63) is 57.8 Å². The lowest BCUT2D eigenvalue weighted by atomic mass is 10.2. The van der Waals surface area contributed by atoms with Crippen molar-refractivity contribution in [2.45, 2.75) is 25.3 Å². The lowest BCUT2D eigenvalue weighted by Gasteiger charge is -2.02. The van der Waals surface area contributed by atoms with Gasteiger partial charge in [-0.3, -0.25) is 9.89 Å². The third-order valence-corrected chi connectivity index (χ3v) is 3.08. The number of nitrogens with zero attached hydrogens (tertiary/aromatic N) is 1. The molecule has 4 heteroatoms. The van der Waals surface area contributed by atoms with Crippen LogP contribution in [0.2, 0.25) is 0 Å². The Balaban J connectivity index is 1.84. The normalized spacial score (nSPS) is 15.1. The van der Waals surface area contributed by atoms with Gasteiger partial charge in [0.25, 0.3) is 5.56 Å². The molecule has 1 aromatic heterocycles. The van der Waals surface area contributed by atoms with Crippen molar-refractivity contribution in [3.8, 4) is 0 Å². The highest BCUT2D eigenvalue weighted by atomic mass is 19.1. The van der Waals surface area contributed by atoms with Crippen molar-refractivity contribution in [1.29, 1.82) is 0 Å². The van der Waals surface area contributed by atoms with E-state index in [2.05, 4.69) is 5.10 Å². The molecule has 0 amide bonds. The van der Waals surface area contributed by atoms with Gasteiger partial charge in [-0.15, -0.1) is 0 Å². The standard InChI is InChI=1S/C13H13FN2O/c14-11-5-1-9(2-6-11)8-16-13(17)7-12(15-16)10-3-4-10/h1-2,5-7,10,15H,3-4,8H2. The van der Waals surface area contributed by atoms with Crippen molar-refractivity contribution >= 4 is 0 Å². The van der Waals surface area contributed by atoms with Crippen molar-refractivity contribution in [2.75, 3.05) is 0 Å². The predicted octanol–water partition coefficient (Wildman–Crippen LogP) is 2.24. The third kappa shape index (κ3) is 2.16. The molecular weight excluding hydrogens is 219 g/mol. The number of halogens is 1. The molecule has 0 aliphatic heterocycles. The Kier molecular flexibility index (Phi) is 2.35. The molecule has 3 nitrogen and oxygen atoms in total. The van der Waals surface area contributed by atoms with Crippen LogP contribution in [0.25, 0.3) is 0 Å². The quantitative estimate of drug-likeness (QED) is 0.865. The number of H-pyrrole nitrogens is 1. The summed E-state index contributed by atoms with van der Waals surface area (Å²) in [6.45, 7) is 0.464. The molecule has 88 valence electrons. The average Bonchev–Trinajstić information content (AvgIpc) is 3.09. The maximum absolute atomic E-state index is 12.7. The lowest BCUT2D eigenvalue weighted by Crippen LogP contribution is -2.16. The molecule has 1 aromatic carbocycles. The summed E-state index contributed by atoms with van der Waals surface area (Å²) in [6.07, 6.45) is 2.33. The predicted molar refractivity (Wildman–Crippen MR) is 62.5 cm³/mol. The Morgan fingerprint density at radius 1 is 1.29 bits per heavy atom. The van der Waals surface area contributed by atoms with Crippen LogP contribution in [0.1, 0.15) is 30.0 Å². The van der Waals surface area contributed by atoms with E-state index >= 15 is 0 Å². The number of nitrogens with one attached hydrogen (secondary N) is 1. The lowest BCUT2D eigenvalue weighted by molar-refractivity contribution is 0.621. The van der Waals surface area contributed by atoms with E-state index in [0.717, 1.165) is 24.1 Å². The van der Waals surface area contributed by atoms with Crippen molar-refractivity contribution in [1.82, 2.24) is 9.78 Å². The molecule has 3 rings (SSSR count). The molecule has 0 atom stereocenters. The molecule has 0 bridgehead atoms. The third-order valence-electron chi connectivity index (χ3n) is 3.08. The van der Waals surface area contributed by atoms with Gasteiger partial charge in [0, 0.05) is 17.7 Å². The van der Waals surface area contributed by atoms with Crippen LogP contribution in [-0.2, 0) is 6.54 Å². The second-order valence-electron chi connectivity index (χ2n) is 4.54. The fraction of sp³-hybridized carbons (Fsp3) is 0.308. The first-order valence-corrected chi connectivity index (χ1v) is 5.76.